The Kier molecular flexibility index (Phi) is 5.34. The lowest BCUT2D eigenvalue weighted by molar-refractivity contribution is 0.0209. The third-order valence-corrected chi connectivity index (χ3v) is 3.90. The van der Waals surface area contributed by atoms with Crippen LogP contribution in [0.5, 0.6) is 5.75 Å². The average molecular weight is 317 g/mol. The largest absolute Gasteiger partial charge is 0.497 e. The monoisotopic (exact) mass is 317 g/mol. The molecule has 1 atom stereocenters. The fraction of sp³-hybridized carbons (Fsp3) is 0.526. The zero-order valence-corrected chi connectivity index (χ0v) is 14.8. The third kappa shape index (κ3) is 5.02. The smallest absolute Gasteiger partial charge is 0.410 e. The van der Waals surface area contributed by atoms with Crippen molar-refractivity contribution in [3.8, 4) is 5.75 Å². The molecule has 1 saturated heterocycles. The number of amides is 1. The van der Waals surface area contributed by atoms with Gasteiger partial charge in [0.05, 0.1) is 7.11 Å². The molecule has 126 valence electrons. The van der Waals surface area contributed by atoms with Gasteiger partial charge in [0.15, 0.2) is 0 Å². The van der Waals surface area contributed by atoms with Crippen molar-refractivity contribution in [2.75, 3.05) is 20.2 Å². The van der Waals surface area contributed by atoms with Crippen molar-refractivity contribution in [1.29, 1.82) is 0 Å². The molecule has 0 aromatic heterocycles. The Morgan fingerprint density at radius 2 is 2.09 bits per heavy atom. The highest BCUT2D eigenvalue weighted by Crippen LogP contribution is 2.27. The highest BCUT2D eigenvalue weighted by atomic mass is 16.6. The molecule has 2 rings (SSSR count). The van der Waals surface area contributed by atoms with E-state index in [2.05, 4.69) is 19.1 Å². The zero-order chi connectivity index (χ0) is 17.0. The van der Waals surface area contributed by atoms with Crippen LogP contribution in [-0.2, 0) is 4.74 Å². The molecule has 1 fully saturated rings. The highest BCUT2D eigenvalue weighted by Gasteiger charge is 2.27. The molecule has 4 heteroatoms. The van der Waals surface area contributed by atoms with Gasteiger partial charge in [-0.2, -0.15) is 0 Å². The molecule has 0 spiro atoms. The summed E-state index contributed by atoms with van der Waals surface area (Å²) in [6.45, 7) is 9.24. The van der Waals surface area contributed by atoms with Crippen molar-refractivity contribution >= 4 is 12.2 Å². The predicted molar refractivity (Wildman–Crippen MR) is 92.6 cm³/mol. The molecule has 0 bridgehead atoms. The molecule has 1 aliphatic heterocycles. The van der Waals surface area contributed by atoms with Crippen molar-refractivity contribution in [3.05, 3.63) is 35.4 Å². The van der Waals surface area contributed by atoms with Gasteiger partial charge in [-0.3, -0.25) is 0 Å². The Morgan fingerprint density at radius 3 is 2.70 bits per heavy atom. The quantitative estimate of drug-likeness (QED) is 0.813. The summed E-state index contributed by atoms with van der Waals surface area (Å²) in [5.41, 5.74) is 2.05. The Labute approximate surface area is 139 Å². The number of benzene rings is 1. The predicted octanol–water partition coefficient (Wildman–Crippen LogP) is 4.36. The van der Waals surface area contributed by atoms with Crippen LogP contribution in [0.3, 0.4) is 0 Å². The number of nitrogens with zero attached hydrogens (tertiary/aromatic N) is 1. The molecule has 0 radical (unpaired) electrons. The van der Waals surface area contributed by atoms with Gasteiger partial charge in [0, 0.05) is 13.1 Å². The van der Waals surface area contributed by atoms with E-state index >= 15 is 0 Å². The lowest BCUT2D eigenvalue weighted by atomic mass is 9.91. The summed E-state index contributed by atoms with van der Waals surface area (Å²) < 4.78 is 10.7. The Bertz CT molecular complexity index is 587. The van der Waals surface area contributed by atoms with E-state index in [1.807, 2.05) is 39.0 Å². The second kappa shape index (κ2) is 7.07. The minimum Gasteiger partial charge on any atom is -0.497 e. The number of carbonyl (C=O) groups excluding carboxylic acids is 1. The Hall–Kier alpha value is -1.97. The van der Waals surface area contributed by atoms with E-state index in [0.29, 0.717) is 19.0 Å². The molecular weight excluding hydrogens is 290 g/mol. The van der Waals surface area contributed by atoms with Gasteiger partial charge in [-0.25, -0.2) is 4.79 Å². The first kappa shape index (κ1) is 17.4. The Morgan fingerprint density at radius 1 is 1.35 bits per heavy atom. The maximum Gasteiger partial charge on any atom is 0.410 e. The lowest BCUT2D eigenvalue weighted by Gasteiger charge is -2.34. The van der Waals surface area contributed by atoms with Crippen molar-refractivity contribution in [2.45, 2.75) is 39.7 Å². The van der Waals surface area contributed by atoms with E-state index in [0.717, 1.165) is 17.7 Å². The number of methoxy groups -OCH3 is 1. The average Bonchev–Trinajstić information content (AvgIpc) is 2.47. The minimum absolute atomic E-state index is 0.218. The van der Waals surface area contributed by atoms with Crippen molar-refractivity contribution in [1.82, 2.24) is 4.90 Å². The number of hydrogen-bond acceptors (Lipinski definition) is 3. The van der Waals surface area contributed by atoms with Gasteiger partial charge in [-0.1, -0.05) is 30.7 Å². The van der Waals surface area contributed by atoms with Crippen molar-refractivity contribution in [3.63, 3.8) is 0 Å². The van der Waals surface area contributed by atoms with Crippen LogP contribution >= 0.6 is 0 Å². The van der Waals surface area contributed by atoms with Crippen LogP contribution in [0.15, 0.2) is 29.8 Å². The third-order valence-electron chi connectivity index (χ3n) is 3.90. The van der Waals surface area contributed by atoms with Crippen LogP contribution in [0.25, 0.3) is 6.08 Å². The molecule has 0 aliphatic carbocycles. The van der Waals surface area contributed by atoms with Crippen LogP contribution in [0.2, 0.25) is 0 Å². The van der Waals surface area contributed by atoms with E-state index in [-0.39, 0.29) is 6.09 Å². The van der Waals surface area contributed by atoms with Gasteiger partial charge in [0.2, 0.25) is 0 Å². The maximum atomic E-state index is 12.2. The molecule has 1 amide bonds. The highest BCUT2D eigenvalue weighted by molar-refractivity contribution is 5.69. The fourth-order valence-corrected chi connectivity index (χ4v) is 2.70. The summed E-state index contributed by atoms with van der Waals surface area (Å²) >= 11 is 0. The molecule has 1 aliphatic rings. The number of likely N-dealkylation sites (tertiary alicyclic amines) is 1. The van der Waals surface area contributed by atoms with E-state index in [4.69, 9.17) is 9.47 Å². The number of rotatable bonds is 2. The van der Waals surface area contributed by atoms with Crippen molar-refractivity contribution in [2.24, 2.45) is 5.92 Å². The van der Waals surface area contributed by atoms with E-state index in [1.165, 1.54) is 5.57 Å². The van der Waals surface area contributed by atoms with Crippen LogP contribution in [0.4, 0.5) is 4.79 Å². The van der Waals surface area contributed by atoms with E-state index < -0.39 is 5.60 Å². The van der Waals surface area contributed by atoms with Crippen LogP contribution in [-0.4, -0.2) is 36.8 Å². The van der Waals surface area contributed by atoms with E-state index in [9.17, 15) is 4.79 Å². The topological polar surface area (TPSA) is 38.8 Å². The zero-order valence-electron chi connectivity index (χ0n) is 14.8. The molecule has 1 heterocycles. The SMILES string of the molecule is COc1cccc(/C=C2\CCN(C(=O)OC(C)(C)C)CC2C)c1. The number of ether oxygens (including phenoxy) is 2. The summed E-state index contributed by atoms with van der Waals surface area (Å²) in [6.07, 6.45) is 2.86. The second-order valence-corrected chi connectivity index (χ2v) is 7.07. The van der Waals surface area contributed by atoms with Crippen LogP contribution in [0.1, 0.15) is 39.7 Å². The molecule has 1 aromatic carbocycles. The molecular formula is C19H27NO3. The van der Waals surface area contributed by atoms with Crippen molar-refractivity contribution < 1.29 is 14.3 Å². The summed E-state index contributed by atoms with van der Waals surface area (Å²) in [5, 5.41) is 0. The number of hydrogen-bond donors (Lipinski definition) is 0. The van der Waals surface area contributed by atoms with Gasteiger partial charge in [-0.05, 0) is 50.8 Å². The number of carbonyl (C=O) groups is 1. The fourth-order valence-electron chi connectivity index (χ4n) is 2.70. The summed E-state index contributed by atoms with van der Waals surface area (Å²) in [7, 11) is 1.67. The summed E-state index contributed by atoms with van der Waals surface area (Å²) in [6, 6.07) is 8.03. The molecule has 0 saturated carbocycles. The van der Waals surface area contributed by atoms with Crippen LogP contribution < -0.4 is 4.74 Å². The first-order chi connectivity index (χ1) is 10.8. The summed E-state index contributed by atoms with van der Waals surface area (Å²) in [4.78, 5) is 14.0. The first-order valence-electron chi connectivity index (χ1n) is 8.11. The van der Waals surface area contributed by atoms with Gasteiger partial charge in [-0.15, -0.1) is 0 Å². The van der Waals surface area contributed by atoms with Gasteiger partial charge < -0.3 is 14.4 Å². The van der Waals surface area contributed by atoms with Gasteiger partial charge in [0.25, 0.3) is 0 Å². The molecule has 4 nitrogen and oxygen atoms in total. The molecule has 23 heavy (non-hydrogen) atoms. The normalized spacial score (nSPS) is 20.5. The molecule has 1 aromatic rings. The van der Waals surface area contributed by atoms with E-state index in [1.54, 1.807) is 12.0 Å². The minimum atomic E-state index is -0.447. The Balaban J connectivity index is 2.03. The summed E-state index contributed by atoms with van der Waals surface area (Å²) in [5.74, 6) is 1.18. The second-order valence-electron chi connectivity index (χ2n) is 7.07. The van der Waals surface area contributed by atoms with Crippen LogP contribution in [0, 0.1) is 5.92 Å². The molecule has 0 N–H and O–H groups in total. The van der Waals surface area contributed by atoms with Gasteiger partial charge in [0.1, 0.15) is 11.4 Å². The standard InChI is InChI=1S/C19H27NO3/c1-14-13-20(18(21)23-19(2,3)4)10-9-16(14)11-15-7-6-8-17(12-15)22-5/h6-8,11-12,14H,9-10,13H2,1-5H3/b16-11+. The molecule has 1 unspecified atom stereocenters. The maximum absolute atomic E-state index is 12.2. The lowest BCUT2D eigenvalue weighted by Crippen LogP contribution is -2.43. The number of piperidine rings is 1. The first-order valence-corrected chi connectivity index (χ1v) is 8.11. The van der Waals surface area contributed by atoms with Gasteiger partial charge >= 0.3 is 6.09 Å².